The van der Waals surface area contributed by atoms with Crippen LogP contribution in [-0.2, 0) is 16.5 Å². The van der Waals surface area contributed by atoms with Crippen LogP contribution in [0.1, 0.15) is 55.3 Å². The van der Waals surface area contributed by atoms with Crippen molar-refractivity contribution in [3.05, 3.63) is 57.4 Å². The highest BCUT2D eigenvalue weighted by atomic mass is 35.5. The van der Waals surface area contributed by atoms with Crippen LogP contribution in [0.5, 0.6) is 0 Å². The summed E-state index contributed by atoms with van der Waals surface area (Å²) in [6, 6.07) is 6.66. The Labute approximate surface area is 186 Å². The fourth-order valence-corrected chi connectivity index (χ4v) is 4.27. The first kappa shape index (κ1) is 23.0. The Morgan fingerprint density at radius 2 is 2.03 bits per heavy atom. The molecular formula is C23H27ClN2O5. The molecule has 3 rings (SSSR count). The molecule has 2 heterocycles. The first-order valence-electron chi connectivity index (χ1n) is 10.2. The molecule has 1 aromatic heterocycles. The first-order valence-corrected chi connectivity index (χ1v) is 10.6. The molecule has 1 atom stereocenters. The van der Waals surface area contributed by atoms with Crippen LogP contribution in [0.3, 0.4) is 0 Å². The van der Waals surface area contributed by atoms with Crippen LogP contribution in [0.15, 0.2) is 24.3 Å². The summed E-state index contributed by atoms with van der Waals surface area (Å²) in [5.41, 5.74) is 2.36. The zero-order valence-corrected chi connectivity index (χ0v) is 19.0. The smallest absolute Gasteiger partial charge is 0.354 e. The lowest BCUT2D eigenvalue weighted by Crippen LogP contribution is -2.41. The fraction of sp³-hybridized carbons (Fsp3) is 0.435. The number of aromatic nitrogens is 1. The number of esters is 1. The molecule has 1 unspecified atom stereocenters. The molecule has 0 radical (unpaired) electrons. The minimum Gasteiger partial charge on any atom is -0.464 e. The lowest BCUT2D eigenvalue weighted by Gasteiger charge is -2.25. The van der Waals surface area contributed by atoms with Crippen LogP contribution in [0.4, 0.5) is 0 Å². The zero-order chi connectivity index (χ0) is 22.7. The standard InChI is InChI=1S/C23H27ClN2O5/c1-14-20(15(2)25(3)21(14)23(29)30-4)19(27)13-26(12-18-9-6-10-31-18)22(28)16-7-5-8-17(24)11-16/h5,7-8,11,18H,6,9-10,12-13H2,1-4H3. The number of rotatable bonds is 7. The van der Waals surface area contributed by atoms with Gasteiger partial charge in [-0.3, -0.25) is 9.59 Å². The van der Waals surface area contributed by atoms with E-state index in [0.29, 0.717) is 46.3 Å². The van der Waals surface area contributed by atoms with Crippen molar-refractivity contribution in [2.24, 2.45) is 7.05 Å². The van der Waals surface area contributed by atoms with E-state index in [0.717, 1.165) is 12.8 Å². The van der Waals surface area contributed by atoms with Gasteiger partial charge in [-0.1, -0.05) is 17.7 Å². The topological polar surface area (TPSA) is 77.8 Å². The molecule has 0 bridgehead atoms. The molecule has 1 fully saturated rings. The van der Waals surface area contributed by atoms with Crippen LogP contribution < -0.4 is 0 Å². The van der Waals surface area contributed by atoms with Crippen LogP contribution in [0.2, 0.25) is 5.02 Å². The molecule has 1 aliphatic rings. The van der Waals surface area contributed by atoms with Gasteiger partial charge in [-0.2, -0.15) is 0 Å². The van der Waals surface area contributed by atoms with Gasteiger partial charge in [0.25, 0.3) is 5.91 Å². The maximum atomic E-state index is 13.3. The lowest BCUT2D eigenvalue weighted by molar-refractivity contribution is 0.0506. The predicted octanol–water partition coefficient (Wildman–Crippen LogP) is 3.59. The van der Waals surface area contributed by atoms with E-state index in [2.05, 4.69) is 0 Å². The zero-order valence-electron chi connectivity index (χ0n) is 18.2. The number of amides is 1. The quantitative estimate of drug-likeness (QED) is 0.479. The minimum absolute atomic E-state index is 0.112. The number of methoxy groups -OCH3 is 1. The average Bonchev–Trinajstić information content (AvgIpc) is 3.32. The highest BCUT2D eigenvalue weighted by Gasteiger charge is 2.29. The van der Waals surface area contributed by atoms with Crippen molar-refractivity contribution < 1.29 is 23.9 Å². The molecule has 166 valence electrons. The summed E-state index contributed by atoms with van der Waals surface area (Å²) in [7, 11) is 3.02. The Hall–Kier alpha value is -2.64. The molecule has 31 heavy (non-hydrogen) atoms. The molecule has 1 aromatic carbocycles. The van der Waals surface area contributed by atoms with E-state index < -0.39 is 5.97 Å². The molecule has 0 spiro atoms. The number of ether oxygens (including phenoxy) is 2. The van der Waals surface area contributed by atoms with E-state index in [1.807, 2.05) is 0 Å². The second kappa shape index (κ2) is 9.66. The molecule has 8 heteroatoms. The van der Waals surface area contributed by atoms with Gasteiger partial charge in [-0.05, 0) is 50.5 Å². The largest absolute Gasteiger partial charge is 0.464 e. The maximum absolute atomic E-state index is 13.3. The first-order chi connectivity index (χ1) is 14.7. The third-order valence-corrected chi connectivity index (χ3v) is 5.96. The van der Waals surface area contributed by atoms with Gasteiger partial charge < -0.3 is 18.9 Å². The Balaban J connectivity index is 1.91. The van der Waals surface area contributed by atoms with E-state index >= 15 is 0 Å². The van der Waals surface area contributed by atoms with Gasteiger partial charge in [0, 0.05) is 42.0 Å². The van der Waals surface area contributed by atoms with Crippen molar-refractivity contribution in [2.75, 3.05) is 26.8 Å². The van der Waals surface area contributed by atoms with E-state index in [1.165, 1.54) is 12.0 Å². The third kappa shape index (κ3) is 4.83. The van der Waals surface area contributed by atoms with Gasteiger partial charge in [0.2, 0.25) is 0 Å². The number of halogens is 1. The van der Waals surface area contributed by atoms with Crippen molar-refractivity contribution >= 4 is 29.3 Å². The summed E-state index contributed by atoms with van der Waals surface area (Å²) in [5, 5.41) is 0.451. The number of benzene rings is 1. The number of carbonyl (C=O) groups is 3. The number of Topliss-reactive ketones (excluding diaryl/α,β-unsaturated/α-hetero) is 1. The highest BCUT2D eigenvalue weighted by Crippen LogP contribution is 2.24. The van der Waals surface area contributed by atoms with Crippen LogP contribution >= 0.6 is 11.6 Å². The normalized spacial score (nSPS) is 15.7. The molecule has 1 aliphatic heterocycles. The van der Waals surface area contributed by atoms with Gasteiger partial charge in [0.15, 0.2) is 5.78 Å². The van der Waals surface area contributed by atoms with Crippen LogP contribution in [-0.4, -0.2) is 60.0 Å². The Morgan fingerprint density at radius 1 is 1.29 bits per heavy atom. The fourth-order valence-electron chi connectivity index (χ4n) is 4.08. The van der Waals surface area contributed by atoms with Gasteiger partial charge in [0.1, 0.15) is 5.69 Å². The summed E-state index contributed by atoms with van der Waals surface area (Å²) in [5.74, 6) is -1.03. The summed E-state index contributed by atoms with van der Waals surface area (Å²) in [4.78, 5) is 40.2. The predicted molar refractivity (Wildman–Crippen MR) is 117 cm³/mol. The molecule has 0 saturated carbocycles. The summed E-state index contributed by atoms with van der Waals surface area (Å²) < 4.78 is 12.2. The van der Waals surface area contributed by atoms with E-state index in [-0.39, 0.29) is 24.3 Å². The van der Waals surface area contributed by atoms with Gasteiger partial charge in [-0.15, -0.1) is 0 Å². The summed E-state index contributed by atoms with van der Waals surface area (Å²) in [6.45, 7) is 4.33. The molecule has 1 amide bonds. The SMILES string of the molecule is COC(=O)c1c(C)c(C(=O)CN(CC2CCCO2)C(=O)c2cccc(Cl)c2)c(C)n1C. The van der Waals surface area contributed by atoms with E-state index in [9.17, 15) is 14.4 Å². The number of hydrogen-bond acceptors (Lipinski definition) is 5. The third-order valence-electron chi connectivity index (χ3n) is 5.73. The van der Waals surface area contributed by atoms with E-state index in [4.69, 9.17) is 21.1 Å². The number of nitrogens with zero attached hydrogens (tertiary/aromatic N) is 2. The minimum atomic E-state index is -0.506. The number of carbonyl (C=O) groups excluding carboxylic acids is 3. The van der Waals surface area contributed by atoms with Crippen molar-refractivity contribution in [1.29, 1.82) is 0 Å². The summed E-state index contributed by atoms with van der Waals surface area (Å²) in [6.07, 6.45) is 1.65. The molecule has 7 nitrogen and oxygen atoms in total. The Kier molecular flexibility index (Phi) is 7.18. The van der Waals surface area contributed by atoms with Crippen molar-refractivity contribution in [1.82, 2.24) is 9.47 Å². The van der Waals surface area contributed by atoms with Crippen LogP contribution in [0.25, 0.3) is 0 Å². The highest BCUT2D eigenvalue weighted by molar-refractivity contribution is 6.31. The van der Waals surface area contributed by atoms with Crippen LogP contribution in [0, 0.1) is 13.8 Å². The van der Waals surface area contributed by atoms with Crippen molar-refractivity contribution in [2.45, 2.75) is 32.8 Å². The Bertz CT molecular complexity index is 1010. The Morgan fingerprint density at radius 3 is 2.65 bits per heavy atom. The number of ketones is 1. The lowest BCUT2D eigenvalue weighted by atomic mass is 10.0. The van der Waals surface area contributed by atoms with Gasteiger partial charge in [0.05, 0.1) is 19.8 Å². The van der Waals surface area contributed by atoms with Gasteiger partial charge >= 0.3 is 5.97 Å². The average molecular weight is 447 g/mol. The van der Waals surface area contributed by atoms with Crippen molar-refractivity contribution in [3.8, 4) is 0 Å². The van der Waals surface area contributed by atoms with E-state index in [1.54, 1.807) is 49.7 Å². The molecule has 1 saturated heterocycles. The number of hydrogen-bond donors (Lipinski definition) is 0. The molecular weight excluding hydrogens is 420 g/mol. The molecule has 0 aliphatic carbocycles. The second-order valence-electron chi connectivity index (χ2n) is 7.74. The van der Waals surface area contributed by atoms with Crippen molar-refractivity contribution in [3.63, 3.8) is 0 Å². The molecule has 2 aromatic rings. The maximum Gasteiger partial charge on any atom is 0.354 e. The monoisotopic (exact) mass is 446 g/mol. The second-order valence-corrected chi connectivity index (χ2v) is 8.18. The summed E-state index contributed by atoms with van der Waals surface area (Å²) >= 11 is 6.06. The van der Waals surface area contributed by atoms with Gasteiger partial charge in [-0.25, -0.2) is 4.79 Å². The molecule has 0 N–H and O–H groups in total.